The molecule has 5 heteroatoms. The zero-order chi connectivity index (χ0) is 17.6. The Bertz CT molecular complexity index is 828. The molecule has 0 spiro atoms. The topological polar surface area (TPSA) is 45.2 Å². The van der Waals surface area contributed by atoms with Crippen molar-refractivity contribution in [2.45, 2.75) is 19.8 Å². The third-order valence-corrected chi connectivity index (χ3v) is 4.78. The molecule has 0 aliphatic carbocycles. The highest BCUT2D eigenvalue weighted by Gasteiger charge is 2.10. The van der Waals surface area contributed by atoms with Crippen molar-refractivity contribution in [3.63, 3.8) is 0 Å². The fourth-order valence-corrected chi connectivity index (χ4v) is 3.31. The van der Waals surface area contributed by atoms with E-state index in [0.29, 0.717) is 6.42 Å². The van der Waals surface area contributed by atoms with E-state index in [1.807, 2.05) is 56.4 Å². The van der Waals surface area contributed by atoms with E-state index in [1.165, 1.54) is 0 Å². The molecule has 1 N–H and O–H groups in total. The van der Waals surface area contributed by atoms with Crippen LogP contribution in [0.4, 0.5) is 16.5 Å². The summed E-state index contributed by atoms with van der Waals surface area (Å²) in [5, 5.41) is 5.90. The van der Waals surface area contributed by atoms with Crippen molar-refractivity contribution in [3.8, 4) is 11.3 Å². The Morgan fingerprint density at radius 2 is 1.84 bits per heavy atom. The van der Waals surface area contributed by atoms with Crippen molar-refractivity contribution in [1.82, 2.24) is 4.98 Å². The van der Waals surface area contributed by atoms with E-state index >= 15 is 0 Å². The van der Waals surface area contributed by atoms with Gasteiger partial charge in [0.2, 0.25) is 5.91 Å². The molecule has 1 heterocycles. The van der Waals surface area contributed by atoms with E-state index in [2.05, 4.69) is 27.7 Å². The summed E-state index contributed by atoms with van der Waals surface area (Å²) >= 11 is 1.61. The molecule has 0 saturated carbocycles. The van der Waals surface area contributed by atoms with E-state index in [-0.39, 0.29) is 5.91 Å². The minimum absolute atomic E-state index is 0.0516. The van der Waals surface area contributed by atoms with Gasteiger partial charge in [0.1, 0.15) is 0 Å². The first-order chi connectivity index (χ1) is 12.2. The van der Waals surface area contributed by atoms with E-state index < -0.39 is 0 Å². The summed E-state index contributed by atoms with van der Waals surface area (Å²) in [4.78, 5) is 18.5. The number of anilines is 3. The van der Waals surface area contributed by atoms with Gasteiger partial charge in [0.05, 0.1) is 5.69 Å². The van der Waals surface area contributed by atoms with Crippen molar-refractivity contribution < 1.29 is 4.79 Å². The summed E-state index contributed by atoms with van der Waals surface area (Å²) in [6.45, 7) is 2.00. The second-order valence-corrected chi connectivity index (χ2v) is 6.62. The van der Waals surface area contributed by atoms with Gasteiger partial charge < -0.3 is 10.2 Å². The Kier molecular flexibility index (Phi) is 5.46. The van der Waals surface area contributed by atoms with Crippen LogP contribution in [0.15, 0.2) is 60.0 Å². The van der Waals surface area contributed by atoms with Gasteiger partial charge in [-0.1, -0.05) is 37.3 Å². The van der Waals surface area contributed by atoms with Crippen LogP contribution in [0.3, 0.4) is 0 Å². The molecule has 3 aromatic rings. The van der Waals surface area contributed by atoms with Crippen LogP contribution in [0.5, 0.6) is 0 Å². The normalized spacial score (nSPS) is 10.5. The lowest BCUT2D eigenvalue weighted by atomic mass is 10.1. The van der Waals surface area contributed by atoms with Crippen LogP contribution < -0.4 is 10.2 Å². The first kappa shape index (κ1) is 17.2. The average Bonchev–Trinajstić information content (AvgIpc) is 3.13. The minimum atomic E-state index is 0.0516. The summed E-state index contributed by atoms with van der Waals surface area (Å²) in [6.07, 6.45) is 1.39. The lowest BCUT2D eigenvalue weighted by Gasteiger charge is -2.15. The number of rotatable bonds is 6. The second kappa shape index (κ2) is 7.94. The fourth-order valence-electron chi connectivity index (χ4n) is 2.49. The third-order valence-electron chi connectivity index (χ3n) is 3.86. The zero-order valence-electron chi connectivity index (χ0n) is 14.4. The maximum Gasteiger partial charge on any atom is 0.224 e. The number of carbonyl (C=O) groups excluding carboxylic acids is 1. The van der Waals surface area contributed by atoms with Crippen molar-refractivity contribution in [2.75, 3.05) is 17.3 Å². The number of benzene rings is 2. The van der Waals surface area contributed by atoms with Gasteiger partial charge in [-0.2, -0.15) is 0 Å². The monoisotopic (exact) mass is 351 g/mol. The number of amides is 1. The molecule has 1 amide bonds. The number of nitrogens with one attached hydrogen (secondary N) is 1. The summed E-state index contributed by atoms with van der Waals surface area (Å²) < 4.78 is 0. The SMILES string of the molecule is CCCC(=O)Nc1ccc(-c2csc(N(C)c3ccccc3)n2)cc1. The van der Waals surface area contributed by atoms with Crippen molar-refractivity contribution in [3.05, 3.63) is 60.0 Å². The first-order valence-electron chi connectivity index (χ1n) is 8.32. The Morgan fingerprint density at radius 1 is 1.12 bits per heavy atom. The molecule has 0 aliphatic rings. The lowest BCUT2D eigenvalue weighted by molar-refractivity contribution is -0.116. The quantitative estimate of drug-likeness (QED) is 0.654. The molecule has 0 fully saturated rings. The highest BCUT2D eigenvalue weighted by molar-refractivity contribution is 7.14. The van der Waals surface area contributed by atoms with Crippen LogP contribution in [0.2, 0.25) is 0 Å². The molecule has 0 bridgehead atoms. The lowest BCUT2D eigenvalue weighted by Crippen LogP contribution is -2.10. The van der Waals surface area contributed by atoms with E-state index in [9.17, 15) is 4.79 Å². The van der Waals surface area contributed by atoms with Crippen LogP contribution in [-0.2, 0) is 4.79 Å². The number of aromatic nitrogens is 1. The molecule has 25 heavy (non-hydrogen) atoms. The first-order valence-corrected chi connectivity index (χ1v) is 9.20. The molecule has 0 aliphatic heterocycles. The molecule has 2 aromatic carbocycles. The molecule has 0 atom stereocenters. The summed E-state index contributed by atoms with van der Waals surface area (Å²) in [5.41, 5.74) is 3.91. The zero-order valence-corrected chi connectivity index (χ0v) is 15.2. The molecule has 1 aromatic heterocycles. The highest BCUT2D eigenvalue weighted by Crippen LogP contribution is 2.31. The predicted molar refractivity (Wildman–Crippen MR) is 106 cm³/mol. The average molecular weight is 351 g/mol. The van der Waals surface area contributed by atoms with Gasteiger partial charge in [0.15, 0.2) is 5.13 Å². The Morgan fingerprint density at radius 3 is 2.52 bits per heavy atom. The third kappa shape index (κ3) is 4.25. The Labute approximate surface area is 152 Å². The molecule has 0 saturated heterocycles. The van der Waals surface area contributed by atoms with Crippen LogP contribution in [0, 0.1) is 0 Å². The van der Waals surface area contributed by atoms with Crippen LogP contribution in [0.25, 0.3) is 11.3 Å². The van der Waals surface area contributed by atoms with Crippen LogP contribution >= 0.6 is 11.3 Å². The maximum atomic E-state index is 11.7. The fraction of sp³-hybridized carbons (Fsp3) is 0.200. The molecule has 0 unspecified atom stereocenters. The summed E-state index contributed by atoms with van der Waals surface area (Å²) in [6, 6.07) is 18.0. The van der Waals surface area contributed by atoms with Gasteiger partial charge in [0.25, 0.3) is 0 Å². The molecular formula is C20H21N3OS. The molecule has 0 radical (unpaired) electrons. The van der Waals surface area contributed by atoms with Gasteiger partial charge in [-0.15, -0.1) is 11.3 Å². The number of thiazole rings is 1. The Balaban J connectivity index is 1.73. The van der Waals surface area contributed by atoms with E-state index in [0.717, 1.165) is 34.2 Å². The van der Waals surface area contributed by atoms with Gasteiger partial charge in [0, 0.05) is 35.8 Å². The largest absolute Gasteiger partial charge is 0.326 e. The van der Waals surface area contributed by atoms with E-state index in [1.54, 1.807) is 11.3 Å². The number of carbonyl (C=O) groups is 1. The predicted octanol–water partition coefficient (Wildman–Crippen LogP) is 5.32. The number of para-hydroxylation sites is 1. The van der Waals surface area contributed by atoms with Gasteiger partial charge in [-0.05, 0) is 30.7 Å². The maximum absolute atomic E-state index is 11.7. The minimum Gasteiger partial charge on any atom is -0.326 e. The van der Waals surface area contributed by atoms with Gasteiger partial charge in [-0.3, -0.25) is 4.79 Å². The van der Waals surface area contributed by atoms with Crippen molar-refractivity contribution in [1.29, 1.82) is 0 Å². The molecule has 3 rings (SSSR count). The summed E-state index contributed by atoms with van der Waals surface area (Å²) in [5.74, 6) is 0.0516. The van der Waals surface area contributed by atoms with E-state index in [4.69, 9.17) is 4.98 Å². The van der Waals surface area contributed by atoms with Crippen molar-refractivity contribution in [2.24, 2.45) is 0 Å². The summed E-state index contributed by atoms with van der Waals surface area (Å²) in [7, 11) is 2.02. The number of hydrogen-bond acceptors (Lipinski definition) is 4. The standard InChI is InChI=1S/C20H21N3OS/c1-3-7-19(24)21-16-12-10-15(11-13-16)18-14-25-20(22-18)23(2)17-8-5-4-6-9-17/h4-6,8-14H,3,7H2,1-2H3,(H,21,24). The number of hydrogen-bond donors (Lipinski definition) is 1. The van der Waals surface area contributed by atoms with Gasteiger partial charge >= 0.3 is 0 Å². The van der Waals surface area contributed by atoms with Crippen molar-refractivity contribution >= 4 is 33.8 Å². The number of nitrogens with zero attached hydrogens (tertiary/aromatic N) is 2. The Hall–Kier alpha value is -2.66. The van der Waals surface area contributed by atoms with Crippen LogP contribution in [-0.4, -0.2) is 17.9 Å². The molecule has 4 nitrogen and oxygen atoms in total. The highest BCUT2D eigenvalue weighted by atomic mass is 32.1. The smallest absolute Gasteiger partial charge is 0.224 e. The molecular weight excluding hydrogens is 330 g/mol. The molecule has 128 valence electrons. The van der Waals surface area contributed by atoms with Crippen LogP contribution in [0.1, 0.15) is 19.8 Å². The van der Waals surface area contributed by atoms with Gasteiger partial charge in [-0.25, -0.2) is 4.98 Å². The second-order valence-electron chi connectivity index (χ2n) is 5.79.